The van der Waals surface area contributed by atoms with Crippen LogP contribution in [0.5, 0.6) is 0 Å². The van der Waals surface area contributed by atoms with Crippen molar-refractivity contribution in [2.24, 2.45) is 0 Å². The number of rotatable bonds is 3. The van der Waals surface area contributed by atoms with Crippen molar-refractivity contribution in [3.63, 3.8) is 0 Å². The van der Waals surface area contributed by atoms with Gasteiger partial charge >= 0.3 is 0 Å². The zero-order chi connectivity index (χ0) is 15.6. The van der Waals surface area contributed by atoms with E-state index in [1.807, 2.05) is 6.07 Å². The second-order valence-corrected chi connectivity index (χ2v) is 7.04. The Balaban J connectivity index is 2.41. The van der Waals surface area contributed by atoms with Crippen LogP contribution in [0.4, 0.5) is 11.4 Å². The van der Waals surface area contributed by atoms with Crippen molar-refractivity contribution >= 4 is 48.9 Å². The molecule has 5 nitrogen and oxygen atoms in total. The number of nitrogens with two attached hydrogens (primary N) is 1. The number of sulfonamides is 1. The topological polar surface area (TPSA) is 96.0 Å². The maximum atomic E-state index is 12.3. The number of nitrogen functional groups attached to an aromatic ring is 1. The normalized spacial score (nSPS) is 10.9. The van der Waals surface area contributed by atoms with Crippen molar-refractivity contribution in [2.45, 2.75) is 4.90 Å². The largest absolute Gasteiger partial charge is 0.398 e. The molecule has 0 spiro atoms. The Hall–Kier alpha value is -1.75. The van der Waals surface area contributed by atoms with E-state index in [4.69, 9.17) is 22.6 Å². The highest BCUT2D eigenvalue weighted by molar-refractivity contribution is 9.10. The van der Waals surface area contributed by atoms with Crippen LogP contribution in [0.15, 0.2) is 45.8 Å². The number of hydrogen-bond donors (Lipinski definition) is 2. The predicted molar refractivity (Wildman–Crippen MR) is 85.5 cm³/mol. The minimum absolute atomic E-state index is 0.00614. The molecular formula is C13H9BrClN3O2S. The van der Waals surface area contributed by atoms with E-state index in [-0.39, 0.29) is 10.6 Å². The van der Waals surface area contributed by atoms with Crippen molar-refractivity contribution in [1.82, 2.24) is 0 Å². The number of nitrogens with one attached hydrogen (secondary N) is 1. The van der Waals surface area contributed by atoms with Crippen LogP contribution in [0, 0.1) is 11.3 Å². The summed E-state index contributed by atoms with van der Waals surface area (Å²) in [4.78, 5) is -0.0941. The number of anilines is 2. The minimum atomic E-state index is -3.86. The quantitative estimate of drug-likeness (QED) is 0.791. The van der Waals surface area contributed by atoms with Gasteiger partial charge in [0.2, 0.25) is 0 Å². The molecule has 0 fully saturated rings. The van der Waals surface area contributed by atoms with Crippen LogP contribution in [0.1, 0.15) is 5.56 Å². The van der Waals surface area contributed by atoms with Crippen molar-refractivity contribution < 1.29 is 8.42 Å². The Morgan fingerprint density at radius 3 is 2.52 bits per heavy atom. The van der Waals surface area contributed by atoms with E-state index in [1.165, 1.54) is 24.3 Å². The van der Waals surface area contributed by atoms with Gasteiger partial charge in [0.05, 0.1) is 23.0 Å². The highest BCUT2D eigenvalue weighted by atomic mass is 79.9. The summed E-state index contributed by atoms with van der Waals surface area (Å²) in [6.45, 7) is 0. The van der Waals surface area contributed by atoms with Gasteiger partial charge in [-0.1, -0.05) is 11.6 Å². The zero-order valence-electron chi connectivity index (χ0n) is 10.5. The molecule has 0 radical (unpaired) electrons. The average molecular weight is 387 g/mol. The number of nitriles is 1. The highest BCUT2D eigenvalue weighted by Crippen LogP contribution is 2.29. The van der Waals surface area contributed by atoms with Gasteiger partial charge in [-0.15, -0.1) is 0 Å². The maximum absolute atomic E-state index is 12.3. The summed E-state index contributed by atoms with van der Waals surface area (Å²) in [6, 6.07) is 10.6. The van der Waals surface area contributed by atoms with E-state index in [2.05, 4.69) is 20.7 Å². The van der Waals surface area contributed by atoms with Crippen LogP contribution in [-0.2, 0) is 10.0 Å². The first kappa shape index (κ1) is 15.6. The molecule has 0 atom stereocenters. The summed E-state index contributed by atoms with van der Waals surface area (Å²) in [5.41, 5.74) is 6.33. The predicted octanol–water partition coefficient (Wildman–Crippen LogP) is 3.36. The smallest absolute Gasteiger partial charge is 0.263 e. The molecule has 0 saturated carbocycles. The second-order valence-electron chi connectivity index (χ2n) is 4.09. The Kier molecular flexibility index (Phi) is 4.42. The molecule has 8 heteroatoms. The highest BCUT2D eigenvalue weighted by Gasteiger charge is 2.19. The number of halogens is 2. The molecule has 2 aromatic rings. The second kappa shape index (κ2) is 5.93. The Morgan fingerprint density at radius 2 is 1.95 bits per heavy atom. The van der Waals surface area contributed by atoms with Crippen LogP contribution >= 0.6 is 27.5 Å². The first-order valence-corrected chi connectivity index (χ1v) is 8.26. The SMILES string of the molecule is N#Cc1ccc(S(=O)(=O)Nc2ccc(Cl)cc2Br)c(N)c1. The lowest BCUT2D eigenvalue weighted by molar-refractivity contribution is 0.601. The molecule has 0 aromatic heterocycles. The van der Waals surface area contributed by atoms with Gasteiger partial charge in [0, 0.05) is 9.50 Å². The van der Waals surface area contributed by atoms with Gasteiger partial charge in [-0.3, -0.25) is 4.72 Å². The maximum Gasteiger partial charge on any atom is 0.263 e. The van der Waals surface area contributed by atoms with Crippen molar-refractivity contribution in [3.05, 3.63) is 51.5 Å². The molecule has 0 aliphatic carbocycles. The van der Waals surface area contributed by atoms with Crippen LogP contribution in [0.2, 0.25) is 5.02 Å². The summed E-state index contributed by atoms with van der Waals surface area (Å²) in [5.74, 6) is 0. The van der Waals surface area contributed by atoms with Crippen LogP contribution < -0.4 is 10.5 Å². The third-order valence-corrected chi connectivity index (χ3v) is 4.93. The van der Waals surface area contributed by atoms with E-state index < -0.39 is 10.0 Å². The molecule has 0 aliphatic heterocycles. The summed E-state index contributed by atoms with van der Waals surface area (Å²) in [5, 5.41) is 9.24. The van der Waals surface area contributed by atoms with Gasteiger partial charge in [0.1, 0.15) is 4.90 Å². The van der Waals surface area contributed by atoms with E-state index >= 15 is 0 Å². The molecule has 21 heavy (non-hydrogen) atoms. The van der Waals surface area contributed by atoms with E-state index in [0.717, 1.165) is 0 Å². The number of nitrogens with zero attached hydrogens (tertiary/aromatic N) is 1. The summed E-state index contributed by atoms with van der Waals surface area (Å²) in [6.07, 6.45) is 0. The van der Waals surface area contributed by atoms with Crippen molar-refractivity contribution in [3.8, 4) is 6.07 Å². The minimum Gasteiger partial charge on any atom is -0.398 e. The molecule has 2 rings (SSSR count). The van der Waals surface area contributed by atoms with Gasteiger partial charge in [-0.05, 0) is 52.3 Å². The first-order chi connectivity index (χ1) is 9.83. The molecule has 0 unspecified atom stereocenters. The van der Waals surface area contributed by atoms with Crippen molar-refractivity contribution in [2.75, 3.05) is 10.5 Å². The lowest BCUT2D eigenvalue weighted by atomic mass is 10.2. The molecular weight excluding hydrogens is 378 g/mol. The molecule has 0 aliphatic rings. The number of hydrogen-bond acceptors (Lipinski definition) is 4. The number of benzene rings is 2. The Labute approximate surface area is 135 Å². The first-order valence-electron chi connectivity index (χ1n) is 5.61. The lowest BCUT2D eigenvalue weighted by Gasteiger charge is -2.11. The molecule has 0 amide bonds. The molecule has 3 N–H and O–H groups in total. The zero-order valence-corrected chi connectivity index (χ0v) is 13.6. The molecule has 2 aromatic carbocycles. The molecule has 0 bridgehead atoms. The third-order valence-electron chi connectivity index (χ3n) is 2.60. The standard InChI is InChI=1S/C13H9BrClN3O2S/c14-10-6-9(15)2-3-12(10)18-21(19,20)13-4-1-8(7-16)5-11(13)17/h1-6,18H,17H2. The average Bonchev–Trinajstić information content (AvgIpc) is 2.41. The molecule has 0 saturated heterocycles. The summed E-state index contributed by atoms with van der Waals surface area (Å²) in [7, 11) is -3.86. The van der Waals surface area contributed by atoms with E-state index in [0.29, 0.717) is 20.7 Å². The van der Waals surface area contributed by atoms with Gasteiger partial charge in [0.25, 0.3) is 10.0 Å². The van der Waals surface area contributed by atoms with Gasteiger partial charge in [0.15, 0.2) is 0 Å². The summed E-state index contributed by atoms with van der Waals surface area (Å²) < 4.78 is 27.6. The fourth-order valence-electron chi connectivity index (χ4n) is 1.63. The van der Waals surface area contributed by atoms with Gasteiger partial charge in [-0.2, -0.15) is 5.26 Å². The van der Waals surface area contributed by atoms with Crippen LogP contribution in [-0.4, -0.2) is 8.42 Å². The molecule has 0 heterocycles. The monoisotopic (exact) mass is 385 g/mol. The van der Waals surface area contributed by atoms with E-state index in [9.17, 15) is 8.42 Å². The Bertz CT molecular complexity index is 847. The Morgan fingerprint density at radius 1 is 1.24 bits per heavy atom. The third kappa shape index (κ3) is 3.47. The van der Waals surface area contributed by atoms with Crippen molar-refractivity contribution in [1.29, 1.82) is 5.26 Å². The fourth-order valence-corrected chi connectivity index (χ4v) is 3.74. The van der Waals surface area contributed by atoms with E-state index in [1.54, 1.807) is 12.1 Å². The van der Waals surface area contributed by atoms with Crippen LogP contribution in [0.3, 0.4) is 0 Å². The molecule has 108 valence electrons. The lowest BCUT2D eigenvalue weighted by Crippen LogP contribution is -2.15. The van der Waals surface area contributed by atoms with Gasteiger partial charge < -0.3 is 5.73 Å². The summed E-state index contributed by atoms with van der Waals surface area (Å²) >= 11 is 9.03. The fraction of sp³-hybridized carbons (Fsp3) is 0. The van der Waals surface area contributed by atoms with Crippen LogP contribution in [0.25, 0.3) is 0 Å². The van der Waals surface area contributed by atoms with Gasteiger partial charge in [-0.25, -0.2) is 8.42 Å².